The van der Waals surface area contributed by atoms with E-state index in [1.807, 2.05) is 0 Å². The zero-order valence-corrected chi connectivity index (χ0v) is 11.2. The largest absolute Gasteiger partial charge is 0.355 e. The summed E-state index contributed by atoms with van der Waals surface area (Å²) in [5.41, 5.74) is 2.10. The summed E-state index contributed by atoms with van der Waals surface area (Å²) in [5, 5.41) is 5.22. The van der Waals surface area contributed by atoms with Crippen molar-refractivity contribution in [2.75, 3.05) is 12.4 Å². The fourth-order valence-corrected chi connectivity index (χ4v) is 1.55. The molecule has 0 saturated heterocycles. The van der Waals surface area contributed by atoms with Gasteiger partial charge in [-0.15, -0.1) is 0 Å². The molecule has 0 unspecified atom stereocenters. The normalized spacial score (nSPS) is 9.90. The summed E-state index contributed by atoms with van der Waals surface area (Å²) in [5.74, 6) is -0.516. The van der Waals surface area contributed by atoms with Gasteiger partial charge >= 0.3 is 0 Å². The molecule has 1 aromatic carbocycles. The van der Waals surface area contributed by atoms with E-state index in [-0.39, 0.29) is 17.5 Å². The lowest BCUT2D eigenvalue weighted by Crippen LogP contribution is -2.18. The Kier molecular flexibility index (Phi) is 4.05. The van der Waals surface area contributed by atoms with Gasteiger partial charge in [0, 0.05) is 24.5 Å². The van der Waals surface area contributed by atoms with Crippen LogP contribution in [-0.4, -0.2) is 28.8 Å². The molecule has 0 saturated carbocycles. The summed E-state index contributed by atoms with van der Waals surface area (Å²) < 4.78 is 0. The number of anilines is 1. The van der Waals surface area contributed by atoms with E-state index in [9.17, 15) is 9.59 Å². The van der Waals surface area contributed by atoms with E-state index in [0.29, 0.717) is 11.3 Å². The topological polar surface area (TPSA) is 84.0 Å². The van der Waals surface area contributed by atoms with Gasteiger partial charge in [0.2, 0.25) is 0 Å². The Morgan fingerprint density at radius 2 is 1.70 bits per heavy atom. The fourth-order valence-electron chi connectivity index (χ4n) is 1.55. The van der Waals surface area contributed by atoms with E-state index in [2.05, 4.69) is 20.6 Å². The predicted octanol–water partition coefficient (Wildman–Crippen LogP) is 1.40. The average molecular weight is 270 g/mol. The number of carbonyl (C=O) groups excluding carboxylic acids is 2. The number of hydrogen-bond donors (Lipinski definition) is 2. The van der Waals surface area contributed by atoms with Gasteiger partial charge in [0.05, 0.1) is 11.9 Å². The number of nitrogens with one attached hydrogen (secondary N) is 2. The van der Waals surface area contributed by atoms with Gasteiger partial charge in [0.25, 0.3) is 11.8 Å². The summed E-state index contributed by atoms with van der Waals surface area (Å²) in [6.07, 6.45) is 2.95. The van der Waals surface area contributed by atoms with Gasteiger partial charge in [-0.1, -0.05) is 0 Å². The van der Waals surface area contributed by atoms with Gasteiger partial charge in [0.1, 0.15) is 5.69 Å². The highest BCUT2D eigenvalue weighted by Crippen LogP contribution is 2.10. The first-order valence-electron chi connectivity index (χ1n) is 6.02. The second-order valence-corrected chi connectivity index (χ2v) is 4.15. The molecule has 2 rings (SSSR count). The Hall–Kier alpha value is -2.76. The molecule has 0 aliphatic rings. The van der Waals surface area contributed by atoms with Gasteiger partial charge in [-0.25, -0.2) is 4.98 Å². The quantitative estimate of drug-likeness (QED) is 0.883. The molecule has 0 bridgehead atoms. The van der Waals surface area contributed by atoms with Crippen molar-refractivity contribution >= 4 is 17.5 Å². The number of aromatic nitrogens is 2. The van der Waals surface area contributed by atoms with Gasteiger partial charge < -0.3 is 10.6 Å². The molecule has 0 aliphatic carbocycles. The minimum atomic E-state index is -0.342. The summed E-state index contributed by atoms with van der Waals surface area (Å²) in [6.45, 7) is 1.80. The van der Waals surface area contributed by atoms with Crippen LogP contribution in [0.15, 0.2) is 36.7 Å². The average Bonchev–Trinajstić information content (AvgIpc) is 2.48. The molecule has 0 fully saturated rings. The van der Waals surface area contributed by atoms with E-state index in [0.717, 1.165) is 5.69 Å². The number of aryl methyl sites for hydroxylation is 1. The van der Waals surface area contributed by atoms with Crippen LogP contribution in [0.3, 0.4) is 0 Å². The van der Waals surface area contributed by atoms with E-state index < -0.39 is 0 Å². The summed E-state index contributed by atoms with van der Waals surface area (Å²) in [6, 6.07) is 6.58. The summed E-state index contributed by atoms with van der Waals surface area (Å²) in [4.78, 5) is 31.3. The van der Waals surface area contributed by atoms with Crippen LogP contribution >= 0.6 is 0 Å². The molecule has 0 atom stereocenters. The molecule has 6 heteroatoms. The second kappa shape index (κ2) is 5.92. The van der Waals surface area contributed by atoms with Crippen molar-refractivity contribution in [2.45, 2.75) is 6.92 Å². The van der Waals surface area contributed by atoms with Crippen LogP contribution in [0.2, 0.25) is 0 Å². The molecule has 0 aliphatic heterocycles. The first-order valence-corrected chi connectivity index (χ1v) is 6.02. The third-order valence-corrected chi connectivity index (χ3v) is 2.65. The molecule has 1 heterocycles. The van der Waals surface area contributed by atoms with Crippen LogP contribution in [0.1, 0.15) is 26.5 Å². The Balaban J connectivity index is 2.08. The lowest BCUT2D eigenvalue weighted by molar-refractivity contribution is 0.0962. The number of benzene rings is 1. The van der Waals surface area contributed by atoms with Crippen molar-refractivity contribution in [3.05, 3.63) is 53.6 Å². The molecule has 0 spiro atoms. The molecular weight excluding hydrogens is 256 g/mol. The number of rotatable bonds is 3. The molecular formula is C14H14N4O2. The summed E-state index contributed by atoms with van der Waals surface area (Å²) in [7, 11) is 1.56. The fraction of sp³-hybridized carbons (Fsp3) is 0.143. The van der Waals surface area contributed by atoms with E-state index in [4.69, 9.17) is 0 Å². The maximum atomic E-state index is 11.9. The number of hydrogen-bond acceptors (Lipinski definition) is 4. The van der Waals surface area contributed by atoms with E-state index in [1.165, 1.54) is 12.4 Å². The molecule has 0 radical (unpaired) electrons. The molecule has 102 valence electrons. The van der Waals surface area contributed by atoms with Gasteiger partial charge in [-0.05, 0) is 31.2 Å². The highest BCUT2D eigenvalue weighted by atomic mass is 16.2. The Morgan fingerprint density at radius 3 is 2.25 bits per heavy atom. The van der Waals surface area contributed by atoms with Crippen molar-refractivity contribution in [2.24, 2.45) is 0 Å². The number of amides is 2. The Labute approximate surface area is 116 Å². The maximum absolute atomic E-state index is 11.9. The number of carbonyl (C=O) groups is 2. The monoisotopic (exact) mass is 270 g/mol. The zero-order chi connectivity index (χ0) is 14.5. The maximum Gasteiger partial charge on any atom is 0.275 e. The van der Waals surface area contributed by atoms with Crippen LogP contribution in [0, 0.1) is 6.92 Å². The van der Waals surface area contributed by atoms with Crippen LogP contribution in [0.4, 0.5) is 5.69 Å². The predicted molar refractivity (Wildman–Crippen MR) is 74.6 cm³/mol. The van der Waals surface area contributed by atoms with Gasteiger partial charge in [-0.2, -0.15) is 0 Å². The van der Waals surface area contributed by atoms with Crippen molar-refractivity contribution in [3.8, 4) is 0 Å². The van der Waals surface area contributed by atoms with Crippen LogP contribution in [0.5, 0.6) is 0 Å². The lowest BCUT2D eigenvalue weighted by Gasteiger charge is -2.05. The minimum absolute atomic E-state index is 0.174. The first kappa shape index (κ1) is 13.7. The highest BCUT2D eigenvalue weighted by Gasteiger charge is 2.08. The molecule has 6 nitrogen and oxygen atoms in total. The zero-order valence-electron chi connectivity index (χ0n) is 11.2. The van der Waals surface area contributed by atoms with Crippen LogP contribution in [0.25, 0.3) is 0 Å². The van der Waals surface area contributed by atoms with Crippen LogP contribution < -0.4 is 10.6 Å². The highest BCUT2D eigenvalue weighted by molar-refractivity contribution is 6.03. The van der Waals surface area contributed by atoms with Gasteiger partial charge in [-0.3, -0.25) is 14.6 Å². The molecule has 20 heavy (non-hydrogen) atoms. The molecule has 2 aromatic rings. The smallest absolute Gasteiger partial charge is 0.275 e. The van der Waals surface area contributed by atoms with E-state index in [1.54, 1.807) is 38.2 Å². The third kappa shape index (κ3) is 3.17. The summed E-state index contributed by atoms with van der Waals surface area (Å²) >= 11 is 0. The number of nitrogens with zero attached hydrogens (tertiary/aromatic N) is 2. The Morgan fingerprint density at radius 1 is 1.00 bits per heavy atom. The second-order valence-electron chi connectivity index (χ2n) is 4.15. The van der Waals surface area contributed by atoms with Crippen molar-refractivity contribution in [3.63, 3.8) is 0 Å². The van der Waals surface area contributed by atoms with Crippen LogP contribution in [-0.2, 0) is 0 Å². The molecule has 2 N–H and O–H groups in total. The van der Waals surface area contributed by atoms with Crippen molar-refractivity contribution in [1.29, 1.82) is 0 Å². The SMILES string of the molecule is CNC(=O)c1ccc(NC(=O)c2cnc(C)cn2)cc1. The lowest BCUT2D eigenvalue weighted by atomic mass is 10.2. The van der Waals surface area contributed by atoms with Crippen molar-refractivity contribution < 1.29 is 9.59 Å². The first-order chi connectivity index (χ1) is 9.60. The van der Waals surface area contributed by atoms with E-state index >= 15 is 0 Å². The standard InChI is InChI=1S/C14H14N4O2/c1-9-7-17-12(8-16-9)14(20)18-11-5-3-10(4-6-11)13(19)15-2/h3-8H,1-2H3,(H,15,19)(H,18,20). The molecule has 1 aromatic heterocycles. The third-order valence-electron chi connectivity index (χ3n) is 2.65. The van der Waals surface area contributed by atoms with Gasteiger partial charge in [0.15, 0.2) is 0 Å². The molecule has 2 amide bonds. The Bertz CT molecular complexity index is 621. The van der Waals surface area contributed by atoms with Crippen molar-refractivity contribution in [1.82, 2.24) is 15.3 Å². The minimum Gasteiger partial charge on any atom is -0.355 e.